The van der Waals surface area contributed by atoms with Crippen LogP contribution in [0.5, 0.6) is 0 Å². The fraction of sp³-hybridized carbons (Fsp3) is 0.500. The molecule has 2 N–H and O–H groups in total. The van der Waals surface area contributed by atoms with Crippen molar-refractivity contribution in [3.8, 4) is 6.07 Å². The summed E-state index contributed by atoms with van der Waals surface area (Å²) < 4.78 is 40.7. The van der Waals surface area contributed by atoms with Gasteiger partial charge in [0.2, 0.25) is 10.0 Å². The first-order valence-corrected chi connectivity index (χ1v) is 8.44. The zero-order valence-corrected chi connectivity index (χ0v) is 13.4. The Morgan fingerprint density at radius 2 is 1.91 bits per heavy atom. The number of nitriles is 1. The molecule has 5 nitrogen and oxygen atoms in total. The van der Waals surface area contributed by atoms with E-state index in [1.807, 2.05) is 0 Å². The minimum Gasteiger partial charge on any atom is -0.311 e. The van der Waals surface area contributed by atoms with Gasteiger partial charge in [-0.15, -0.1) is 12.4 Å². The summed E-state index contributed by atoms with van der Waals surface area (Å²) in [5.74, 6) is -0.712. The molecule has 0 radical (unpaired) electrons. The van der Waals surface area contributed by atoms with Crippen LogP contribution in [0.2, 0.25) is 0 Å². The van der Waals surface area contributed by atoms with Crippen molar-refractivity contribution in [3.63, 3.8) is 0 Å². The van der Waals surface area contributed by atoms with Crippen LogP contribution in [0.1, 0.15) is 31.2 Å². The van der Waals surface area contributed by atoms with E-state index in [4.69, 9.17) is 5.26 Å². The average Bonchev–Trinajstić information content (AvgIpc) is 2.78. The molecule has 2 aliphatic heterocycles. The van der Waals surface area contributed by atoms with Crippen LogP contribution in [-0.4, -0.2) is 26.5 Å². The van der Waals surface area contributed by atoms with Crippen LogP contribution in [0.15, 0.2) is 23.1 Å². The molecule has 1 aromatic carbocycles. The number of nitrogens with one attached hydrogen (secondary N) is 2. The Hall–Kier alpha value is -1.20. The quantitative estimate of drug-likeness (QED) is 0.873. The first kappa shape index (κ1) is 17.2. The van der Waals surface area contributed by atoms with E-state index in [1.54, 1.807) is 6.07 Å². The first-order chi connectivity index (χ1) is 9.98. The summed E-state index contributed by atoms with van der Waals surface area (Å²) >= 11 is 0. The summed E-state index contributed by atoms with van der Waals surface area (Å²) in [5.41, 5.74) is -0.261. The minimum atomic E-state index is -3.72. The van der Waals surface area contributed by atoms with Gasteiger partial charge in [-0.05, 0) is 43.9 Å². The van der Waals surface area contributed by atoms with E-state index in [-0.39, 0.29) is 28.9 Å². The lowest BCUT2D eigenvalue weighted by molar-refractivity contribution is 0.345. The van der Waals surface area contributed by atoms with Crippen LogP contribution in [0.25, 0.3) is 0 Å². The van der Waals surface area contributed by atoms with Crippen molar-refractivity contribution in [1.29, 1.82) is 5.26 Å². The number of hydrogen-bond acceptors (Lipinski definition) is 4. The Labute approximate surface area is 135 Å². The van der Waals surface area contributed by atoms with E-state index >= 15 is 0 Å². The number of halogens is 2. The highest BCUT2D eigenvalue weighted by Gasteiger charge is 2.35. The SMILES string of the molecule is Cl.N#Cc1cc(S(=O)(=O)NC2CC3CCC(C2)N3)ccc1F. The fourth-order valence-corrected chi connectivity index (χ4v) is 4.49. The number of nitrogens with zero attached hydrogens (tertiary/aromatic N) is 1. The molecule has 2 saturated heterocycles. The predicted molar refractivity (Wildman–Crippen MR) is 81.7 cm³/mol. The number of rotatable bonds is 3. The molecular formula is C14H17ClFN3O2S. The molecule has 1 aromatic rings. The Morgan fingerprint density at radius 1 is 1.27 bits per heavy atom. The molecule has 22 heavy (non-hydrogen) atoms. The van der Waals surface area contributed by atoms with Crippen molar-refractivity contribution in [2.24, 2.45) is 0 Å². The molecule has 0 aliphatic carbocycles. The zero-order valence-electron chi connectivity index (χ0n) is 11.8. The summed E-state index contributed by atoms with van der Waals surface area (Å²) in [7, 11) is -3.72. The summed E-state index contributed by atoms with van der Waals surface area (Å²) in [6, 6.07) is 5.58. The molecule has 0 saturated carbocycles. The monoisotopic (exact) mass is 345 g/mol. The first-order valence-electron chi connectivity index (χ1n) is 6.96. The van der Waals surface area contributed by atoms with Gasteiger partial charge in [0.05, 0.1) is 10.5 Å². The molecule has 2 aliphatic rings. The molecule has 2 bridgehead atoms. The normalized spacial score (nSPS) is 27.0. The van der Waals surface area contributed by atoms with E-state index in [0.717, 1.165) is 37.8 Å². The predicted octanol–water partition coefficient (Wildman–Crippen LogP) is 1.68. The van der Waals surface area contributed by atoms with Crippen molar-refractivity contribution in [2.45, 2.75) is 48.7 Å². The number of hydrogen-bond donors (Lipinski definition) is 2. The van der Waals surface area contributed by atoms with Gasteiger partial charge in [-0.3, -0.25) is 0 Å². The fourth-order valence-electron chi connectivity index (χ4n) is 3.20. The molecular weight excluding hydrogens is 329 g/mol. The van der Waals surface area contributed by atoms with Crippen LogP contribution >= 0.6 is 12.4 Å². The maximum atomic E-state index is 13.3. The number of sulfonamides is 1. The molecule has 0 aromatic heterocycles. The van der Waals surface area contributed by atoms with E-state index in [2.05, 4.69) is 10.0 Å². The van der Waals surface area contributed by atoms with Gasteiger partial charge < -0.3 is 5.32 Å². The van der Waals surface area contributed by atoms with Gasteiger partial charge >= 0.3 is 0 Å². The molecule has 0 spiro atoms. The average molecular weight is 346 g/mol. The van der Waals surface area contributed by atoms with E-state index in [0.29, 0.717) is 12.1 Å². The molecule has 2 heterocycles. The van der Waals surface area contributed by atoms with Gasteiger partial charge in [-0.1, -0.05) is 0 Å². The number of fused-ring (bicyclic) bond motifs is 2. The highest BCUT2D eigenvalue weighted by molar-refractivity contribution is 7.89. The molecule has 2 fully saturated rings. The molecule has 0 amide bonds. The van der Waals surface area contributed by atoms with Crippen molar-refractivity contribution in [2.75, 3.05) is 0 Å². The van der Waals surface area contributed by atoms with Crippen LogP contribution in [0.3, 0.4) is 0 Å². The van der Waals surface area contributed by atoms with Gasteiger partial charge in [-0.25, -0.2) is 17.5 Å². The Balaban J connectivity index is 0.00000176. The Morgan fingerprint density at radius 3 is 2.50 bits per heavy atom. The highest BCUT2D eigenvalue weighted by atomic mass is 35.5. The standard InChI is InChI=1S/C14H16FN3O2S.ClH/c15-14-4-3-13(5-9(14)8-16)21(19,20)18-12-6-10-1-2-11(7-12)17-10;/h3-5,10-12,17-18H,1-2,6-7H2;1H. The summed E-state index contributed by atoms with van der Waals surface area (Å²) in [6.07, 6.45) is 3.69. The smallest absolute Gasteiger partial charge is 0.240 e. The third-order valence-electron chi connectivity index (χ3n) is 4.16. The third-order valence-corrected chi connectivity index (χ3v) is 5.68. The second-order valence-corrected chi connectivity index (χ2v) is 7.39. The van der Waals surface area contributed by atoms with Crippen molar-refractivity contribution in [1.82, 2.24) is 10.0 Å². The van der Waals surface area contributed by atoms with E-state index < -0.39 is 15.8 Å². The van der Waals surface area contributed by atoms with Crippen molar-refractivity contribution in [3.05, 3.63) is 29.6 Å². The summed E-state index contributed by atoms with van der Waals surface area (Å²) in [4.78, 5) is -0.0636. The van der Waals surface area contributed by atoms with Gasteiger partial charge in [0.25, 0.3) is 0 Å². The molecule has 2 unspecified atom stereocenters. The molecule has 2 atom stereocenters. The molecule has 120 valence electrons. The van der Waals surface area contributed by atoms with Crippen molar-refractivity contribution >= 4 is 22.4 Å². The van der Waals surface area contributed by atoms with Crippen LogP contribution in [0, 0.1) is 17.1 Å². The zero-order chi connectivity index (χ0) is 15.0. The maximum Gasteiger partial charge on any atom is 0.240 e. The second kappa shape index (κ2) is 6.50. The van der Waals surface area contributed by atoms with Gasteiger partial charge in [0.15, 0.2) is 0 Å². The Bertz CT molecular complexity index is 693. The minimum absolute atomic E-state index is 0. The van der Waals surface area contributed by atoms with Crippen LogP contribution < -0.4 is 10.0 Å². The highest BCUT2D eigenvalue weighted by Crippen LogP contribution is 2.27. The van der Waals surface area contributed by atoms with Gasteiger partial charge in [0, 0.05) is 18.1 Å². The number of benzene rings is 1. The van der Waals surface area contributed by atoms with E-state index in [1.165, 1.54) is 6.07 Å². The largest absolute Gasteiger partial charge is 0.311 e. The lowest BCUT2D eigenvalue weighted by Crippen LogP contribution is -2.47. The number of piperidine rings is 1. The lowest BCUT2D eigenvalue weighted by Gasteiger charge is -2.29. The van der Waals surface area contributed by atoms with Gasteiger partial charge in [-0.2, -0.15) is 5.26 Å². The maximum absolute atomic E-state index is 13.3. The lowest BCUT2D eigenvalue weighted by atomic mass is 10.0. The molecule has 8 heteroatoms. The van der Waals surface area contributed by atoms with Crippen LogP contribution in [-0.2, 0) is 10.0 Å². The third kappa shape index (κ3) is 3.41. The summed E-state index contributed by atoms with van der Waals surface area (Å²) in [5, 5.41) is 12.2. The molecule has 3 rings (SSSR count). The second-order valence-electron chi connectivity index (χ2n) is 5.68. The Kier molecular flexibility index (Phi) is 5.07. The topological polar surface area (TPSA) is 82.0 Å². The summed E-state index contributed by atoms with van der Waals surface area (Å²) in [6.45, 7) is 0. The van der Waals surface area contributed by atoms with Crippen molar-refractivity contribution < 1.29 is 12.8 Å². The van der Waals surface area contributed by atoms with Gasteiger partial charge in [0.1, 0.15) is 11.9 Å². The van der Waals surface area contributed by atoms with E-state index in [9.17, 15) is 12.8 Å². The van der Waals surface area contributed by atoms with Crippen LogP contribution in [0.4, 0.5) is 4.39 Å².